The zero-order valence-electron chi connectivity index (χ0n) is 11.6. The summed E-state index contributed by atoms with van der Waals surface area (Å²) in [4.78, 5) is 22.3. The van der Waals surface area contributed by atoms with Gasteiger partial charge in [0.2, 0.25) is 5.91 Å². The predicted molar refractivity (Wildman–Crippen MR) is 84.5 cm³/mol. The molecule has 1 atom stereocenters. The number of carbonyl (C=O) groups is 2. The Hall–Kier alpha value is -1.52. The minimum absolute atomic E-state index is 0.0451. The van der Waals surface area contributed by atoms with Crippen molar-refractivity contribution in [3.63, 3.8) is 0 Å². The number of aliphatic carboxylic acids is 1. The molecule has 0 fully saturated rings. The van der Waals surface area contributed by atoms with Crippen LogP contribution in [-0.2, 0) is 9.59 Å². The Kier molecular flexibility index (Phi) is 7.26. The summed E-state index contributed by atoms with van der Waals surface area (Å²) in [6, 6.07) is 5.00. The highest BCUT2D eigenvalue weighted by atomic mass is 35.5. The molecule has 2 N–H and O–H groups in total. The highest BCUT2D eigenvalue weighted by Crippen LogP contribution is 2.21. The van der Waals surface area contributed by atoms with E-state index in [-0.39, 0.29) is 18.2 Å². The monoisotopic (exact) mass is 329 g/mol. The SMILES string of the molecule is CCC(CNC(=O)/C=C/c1ccc(Cl)cc1Cl)CC(=O)O. The molecule has 0 heterocycles. The number of benzene rings is 1. The first-order valence-electron chi connectivity index (χ1n) is 6.55. The van der Waals surface area contributed by atoms with Crippen molar-refractivity contribution in [3.8, 4) is 0 Å². The van der Waals surface area contributed by atoms with Gasteiger partial charge in [0.15, 0.2) is 0 Å². The van der Waals surface area contributed by atoms with E-state index in [0.29, 0.717) is 28.6 Å². The van der Waals surface area contributed by atoms with Gasteiger partial charge in [-0.1, -0.05) is 42.6 Å². The van der Waals surface area contributed by atoms with Crippen molar-refractivity contribution in [2.45, 2.75) is 19.8 Å². The van der Waals surface area contributed by atoms with E-state index in [1.165, 1.54) is 6.08 Å². The average Bonchev–Trinajstić information content (AvgIpc) is 2.42. The van der Waals surface area contributed by atoms with Gasteiger partial charge >= 0.3 is 5.97 Å². The van der Waals surface area contributed by atoms with Crippen LogP contribution in [0.2, 0.25) is 10.0 Å². The van der Waals surface area contributed by atoms with Gasteiger partial charge in [-0.25, -0.2) is 0 Å². The lowest BCUT2D eigenvalue weighted by Crippen LogP contribution is -2.28. The Bertz CT molecular complexity index is 544. The minimum Gasteiger partial charge on any atom is -0.481 e. The number of hydrogen-bond acceptors (Lipinski definition) is 2. The van der Waals surface area contributed by atoms with Crippen LogP contribution in [0, 0.1) is 5.92 Å². The molecule has 0 aliphatic heterocycles. The van der Waals surface area contributed by atoms with Crippen LogP contribution in [-0.4, -0.2) is 23.5 Å². The Balaban J connectivity index is 2.53. The molecule has 4 nitrogen and oxygen atoms in total. The zero-order valence-corrected chi connectivity index (χ0v) is 13.1. The maximum atomic E-state index is 11.7. The van der Waals surface area contributed by atoms with Crippen molar-refractivity contribution in [1.29, 1.82) is 0 Å². The molecule has 1 unspecified atom stereocenters. The van der Waals surface area contributed by atoms with E-state index in [9.17, 15) is 9.59 Å². The summed E-state index contributed by atoms with van der Waals surface area (Å²) >= 11 is 11.8. The first-order chi connectivity index (χ1) is 9.92. The van der Waals surface area contributed by atoms with Gasteiger partial charge in [-0.3, -0.25) is 9.59 Å². The van der Waals surface area contributed by atoms with E-state index in [1.807, 2.05) is 6.92 Å². The Morgan fingerprint density at radius 2 is 2.10 bits per heavy atom. The molecule has 0 saturated carbocycles. The Morgan fingerprint density at radius 1 is 1.38 bits per heavy atom. The predicted octanol–water partition coefficient (Wildman–Crippen LogP) is 3.62. The van der Waals surface area contributed by atoms with Gasteiger partial charge < -0.3 is 10.4 Å². The minimum atomic E-state index is -0.861. The van der Waals surface area contributed by atoms with Crippen molar-refractivity contribution in [1.82, 2.24) is 5.32 Å². The van der Waals surface area contributed by atoms with Crippen LogP contribution in [0.1, 0.15) is 25.3 Å². The third-order valence-corrected chi connectivity index (χ3v) is 3.54. The Morgan fingerprint density at radius 3 is 2.67 bits per heavy atom. The summed E-state index contributed by atoms with van der Waals surface area (Å²) in [5.41, 5.74) is 0.689. The van der Waals surface area contributed by atoms with Gasteiger partial charge in [0.05, 0.1) is 0 Å². The molecule has 0 aromatic heterocycles. The molecule has 0 aliphatic rings. The standard InChI is InChI=1S/C15H17Cl2NO3/c1-2-10(7-15(20)21)9-18-14(19)6-4-11-3-5-12(16)8-13(11)17/h3-6,8,10H,2,7,9H2,1H3,(H,18,19)(H,20,21)/b6-4+. The molecule has 6 heteroatoms. The fourth-order valence-corrected chi connectivity index (χ4v) is 2.19. The van der Waals surface area contributed by atoms with Gasteiger partial charge in [0.25, 0.3) is 0 Å². The second-order valence-electron chi connectivity index (χ2n) is 4.62. The molecule has 0 aliphatic carbocycles. The molecular formula is C15H17Cl2NO3. The van der Waals surface area contributed by atoms with Crippen LogP contribution < -0.4 is 5.32 Å². The van der Waals surface area contributed by atoms with E-state index >= 15 is 0 Å². The molecule has 0 bridgehead atoms. The summed E-state index contributed by atoms with van der Waals surface area (Å²) in [5.74, 6) is -1.22. The lowest BCUT2D eigenvalue weighted by molar-refractivity contribution is -0.138. The maximum absolute atomic E-state index is 11.7. The molecule has 1 rings (SSSR count). The van der Waals surface area contributed by atoms with E-state index in [1.54, 1.807) is 24.3 Å². The van der Waals surface area contributed by atoms with Crippen molar-refractivity contribution in [2.24, 2.45) is 5.92 Å². The molecule has 1 amide bonds. The highest BCUT2D eigenvalue weighted by Gasteiger charge is 2.11. The lowest BCUT2D eigenvalue weighted by Gasteiger charge is -2.12. The molecule has 1 aromatic carbocycles. The maximum Gasteiger partial charge on any atom is 0.303 e. The number of amides is 1. The van der Waals surface area contributed by atoms with Crippen molar-refractivity contribution < 1.29 is 14.7 Å². The van der Waals surface area contributed by atoms with Gasteiger partial charge in [-0.2, -0.15) is 0 Å². The van der Waals surface area contributed by atoms with Crippen molar-refractivity contribution in [2.75, 3.05) is 6.54 Å². The quantitative estimate of drug-likeness (QED) is 0.751. The summed E-state index contributed by atoms with van der Waals surface area (Å²) in [7, 11) is 0. The third-order valence-electron chi connectivity index (χ3n) is 2.98. The molecule has 1 aromatic rings. The van der Waals surface area contributed by atoms with E-state index in [0.717, 1.165) is 0 Å². The fourth-order valence-electron chi connectivity index (χ4n) is 1.71. The lowest BCUT2D eigenvalue weighted by atomic mass is 10.0. The summed E-state index contributed by atoms with van der Waals surface area (Å²) in [5, 5.41) is 12.4. The number of carbonyl (C=O) groups excluding carboxylic acids is 1. The number of hydrogen-bond donors (Lipinski definition) is 2. The van der Waals surface area contributed by atoms with Crippen LogP contribution in [0.4, 0.5) is 0 Å². The number of nitrogens with one attached hydrogen (secondary N) is 1. The van der Waals surface area contributed by atoms with Crippen LogP contribution in [0.5, 0.6) is 0 Å². The topological polar surface area (TPSA) is 66.4 Å². The van der Waals surface area contributed by atoms with Crippen LogP contribution in [0.3, 0.4) is 0 Å². The van der Waals surface area contributed by atoms with Crippen molar-refractivity contribution in [3.05, 3.63) is 39.9 Å². The molecule has 0 spiro atoms. The molecule has 114 valence electrons. The molecule has 0 saturated heterocycles. The summed E-state index contributed by atoms with van der Waals surface area (Å²) in [6.07, 6.45) is 3.69. The molecular weight excluding hydrogens is 313 g/mol. The first-order valence-corrected chi connectivity index (χ1v) is 7.30. The number of halogens is 2. The number of carboxylic acid groups (broad SMARTS) is 1. The van der Waals surface area contributed by atoms with E-state index in [4.69, 9.17) is 28.3 Å². The van der Waals surface area contributed by atoms with Crippen LogP contribution in [0.15, 0.2) is 24.3 Å². The second kappa shape index (κ2) is 8.70. The second-order valence-corrected chi connectivity index (χ2v) is 5.46. The van der Waals surface area contributed by atoms with Gasteiger partial charge in [-0.15, -0.1) is 0 Å². The van der Waals surface area contributed by atoms with Gasteiger partial charge in [-0.05, 0) is 29.7 Å². The van der Waals surface area contributed by atoms with Gasteiger partial charge in [0.1, 0.15) is 0 Å². The third kappa shape index (κ3) is 6.65. The summed E-state index contributed by atoms with van der Waals surface area (Å²) in [6.45, 7) is 2.23. The first kappa shape index (κ1) is 17.5. The van der Waals surface area contributed by atoms with Crippen LogP contribution in [0.25, 0.3) is 6.08 Å². The van der Waals surface area contributed by atoms with Gasteiger partial charge in [0, 0.05) is 29.1 Å². The summed E-state index contributed by atoms with van der Waals surface area (Å²) < 4.78 is 0. The fraction of sp³-hybridized carbons (Fsp3) is 0.333. The average molecular weight is 330 g/mol. The largest absolute Gasteiger partial charge is 0.481 e. The van der Waals surface area contributed by atoms with Crippen molar-refractivity contribution >= 4 is 41.2 Å². The molecule has 0 radical (unpaired) electrons. The number of rotatable bonds is 7. The Labute approximate surface area is 133 Å². The van der Waals surface area contributed by atoms with E-state index in [2.05, 4.69) is 5.32 Å². The zero-order chi connectivity index (χ0) is 15.8. The normalized spacial score (nSPS) is 12.3. The number of carboxylic acids is 1. The smallest absolute Gasteiger partial charge is 0.303 e. The highest BCUT2D eigenvalue weighted by molar-refractivity contribution is 6.35. The van der Waals surface area contributed by atoms with Crippen LogP contribution >= 0.6 is 23.2 Å². The molecule has 21 heavy (non-hydrogen) atoms. The van der Waals surface area contributed by atoms with E-state index < -0.39 is 5.97 Å².